The Morgan fingerprint density at radius 2 is 1.60 bits per heavy atom. The first kappa shape index (κ1) is 22.2. The minimum absolute atomic E-state index is 0.0509. The number of aromatic hydroxyl groups is 2. The lowest BCUT2D eigenvalue weighted by Crippen LogP contribution is -2.14. The highest BCUT2D eigenvalue weighted by molar-refractivity contribution is 6.33. The lowest BCUT2D eigenvalue weighted by molar-refractivity contribution is 0.462. The van der Waals surface area contributed by atoms with Crippen molar-refractivity contribution in [2.45, 2.75) is 6.92 Å². The van der Waals surface area contributed by atoms with Crippen LogP contribution in [-0.2, 0) is 0 Å². The van der Waals surface area contributed by atoms with Gasteiger partial charge < -0.3 is 10.2 Å². The van der Waals surface area contributed by atoms with Crippen molar-refractivity contribution in [1.29, 1.82) is 5.26 Å². The van der Waals surface area contributed by atoms with Crippen molar-refractivity contribution in [1.82, 2.24) is 9.38 Å². The van der Waals surface area contributed by atoms with Crippen molar-refractivity contribution >= 4 is 17.2 Å². The summed E-state index contributed by atoms with van der Waals surface area (Å²) in [5.74, 6) is 0.104. The first-order chi connectivity index (χ1) is 16.9. The van der Waals surface area contributed by atoms with Gasteiger partial charge in [0, 0.05) is 33.5 Å². The maximum atomic E-state index is 12.3. The standard InChI is InChI=1S/C28H18ClN3O3/c1-16-12-27(35)31-28-23(15-30)22(20-4-2-3-5-24(20)29)14-25(32(16)28)18-8-6-17(7-9-18)21-13-19(33)10-11-26(21)34/h2-14,33-34H,1H3. The van der Waals surface area contributed by atoms with Gasteiger partial charge in [-0.15, -0.1) is 0 Å². The van der Waals surface area contributed by atoms with Gasteiger partial charge in [-0.25, -0.2) is 0 Å². The molecule has 5 rings (SSSR count). The van der Waals surface area contributed by atoms with Gasteiger partial charge in [0.15, 0.2) is 5.65 Å². The number of pyridine rings is 1. The van der Waals surface area contributed by atoms with E-state index in [1.165, 1.54) is 24.3 Å². The number of phenols is 2. The molecular weight excluding hydrogens is 462 g/mol. The average Bonchev–Trinajstić information content (AvgIpc) is 2.85. The first-order valence-electron chi connectivity index (χ1n) is 10.7. The third kappa shape index (κ3) is 3.88. The van der Waals surface area contributed by atoms with Gasteiger partial charge in [0.2, 0.25) is 0 Å². The molecule has 0 amide bonds. The second kappa shape index (κ2) is 8.64. The maximum absolute atomic E-state index is 12.3. The summed E-state index contributed by atoms with van der Waals surface area (Å²) < 4.78 is 1.78. The lowest BCUT2D eigenvalue weighted by Gasteiger charge is -2.17. The van der Waals surface area contributed by atoms with E-state index in [1.807, 2.05) is 48.5 Å². The third-order valence-electron chi connectivity index (χ3n) is 5.88. The smallest absolute Gasteiger partial charge is 0.273 e. The van der Waals surface area contributed by atoms with E-state index in [4.69, 9.17) is 11.6 Å². The molecule has 3 aromatic carbocycles. The van der Waals surface area contributed by atoms with Crippen LogP contribution in [0.2, 0.25) is 5.02 Å². The van der Waals surface area contributed by atoms with E-state index in [9.17, 15) is 20.3 Å². The number of hydrogen-bond acceptors (Lipinski definition) is 5. The molecule has 0 fully saturated rings. The van der Waals surface area contributed by atoms with Crippen LogP contribution in [0.25, 0.3) is 39.2 Å². The molecule has 0 saturated heterocycles. The third-order valence-corrected chi connectivity index (χ3v) is 6.21. The molecule has 0 radical (unpaired) electrons. The summed E-state index contributed by atoms with van der Waals surface area (Å²) in [6, 6.07) is 24.4. The van der Waals surface area contributed by atoms with Crippen LogP contribution in [0.4, 0.5) is 0 Å². The van der Waals surface area contributed by atoms with Crippen LogP contribution in [0.5, 0.6) is 11.5 Å². The number of aryl methyl sites for hydroxylation is 1. The molecule has 0 aliphatic heterocycles. The number of nitriles is 1. The van der Waals surface area contributed by atoms with Gasteiger partial charge in [-0.3, -0.25) is 9.20 Å². The highest BCUT2D eigenvalue weighted by Gasteiger charge is 2.19. The van der Waals surface area contributed by atoms with Crippen molar-refractivity contribution in [2.75, 3.05) is 0 Å². The molecule has 2 heterocycles. The number of nitrogens with zero attached hydrogens (tertiary/aromatic N) is 3. The van der Waals surface area contributed by atoms with Crippen LogP contribution < -0.4 is 5.56 Å². The van der Waals surface area contributed by atoms with Gasteiger partial charge >= 0.3 is 0 Å². The SMILES string of the molecule is Cc1cc(=O)nc2c(C#N)c(-c3ccccc3Cl)cc(-c3ccc(-c4cc(O)ccc4O)cc3)n12. The molecule has 7 heteroatoms. The van der Waals surface area contributed by atoms with Crippen molar-refractivity contribution in [3.63, 3.8) is 0 Å². The summed E-state index contributed by atoms with van der Waals surface area (Å²) in [6.45, 7) is 1.79. The van der Waals surface area contributed by atoms with E-state index in [1.54, 1.807) is 17.4 Å². The zero-order chi connectivity index (χ0) is 24.7. The van der Waals surface area contributed by atoms with Crippen molar-refractivity contribution in [3.8, 4) is 51.1 Å². The van der Waals surface area contributed by atoms with E-state index in [0.717, 1.165) is 5.56 Å². The average molecular weight is 480 g/mol. The Labute approximate surface area is 205 Å². The van der Waals surface area contributed by atoms with E-state index >= 15 is 0 Å². The molecule has 6 nitrogen and oxygen atoms in total. The monoisotopic (exact) mass is 479 g/mol. The molecule has 0 bridgehead atoms. The van der Waals surface area contributed by atoms with Gasteiger partial charge in [0.1, 0.15) is 23.1 Å². The van der Waals surface area contributed by atoms with E-state index in [2.05, 4.69) is 11.1 Å². The highest BCUT2D eigenvalue weighted by Crippen LogP contribution is 2.37. The first-order valence-corrected chi connectivity index (χ1v) is 11.1. The fourth-order valence-electron chi connectivity index (χ4n) is 4.25. The molecule has 0 aliphatic carbocycles. The van der Waals surface area contributed by atoms with Crippen LogP contribution in [0.3, 0.4) is 0 Å². The molecule has 0 saturated carbocycles. The van der Waals surface area contributed by atoms with Gasteiger partial charge in [-0.2, -0.15) is 10.2 Å². The Morgan fingerprint density at radius 1 is 0.886 bits per heavy atom. The van der Waals surface area contributed by atoms with Crippen LogP contribution in [0.1, 0.15) is 11.3 Å². The topological polar surface area (TPSA) is 98.6 Å². The van der Waals surface area contributed by atoms with Crippen molar-refractivity contribution in [2.24, 2.45) is 0 Å². The Hall–Kier alpha value is -4.60. The molecule has 35 heavy (non-hydrogen) atoms. The summed E-state index contributed by atoms with van der Waals surface area (Å²) in [5.41, 5.74) is 4.65. The second-order valence-corrected chi connectivity index (χ2v) is 8.49. The quantitative estimate of drug-likeness (QED) is 0.312. The van der Waals surface area contributed by atoms with Crippen LogP contribution >= 0.6 is 11.6 Å². The molecule has 0 atom stereocenters. The van der Waals surface area contributed by atoms with Gasteiger partial charge in [-0.1, -0.05) is 54.1 Å². The molecule has 170 valence electrons. The molecule has 0 aliphatic rings. The molecule has 2 N–H and O–H groups in total. The molecule has 5 aromatic rings. The number of fused-ring (bicyclic) bond motifs is 1. The summed E-state index contributed by atoms with van der Waals surface area (Å²) >= 11 is 6.47. The summed E-state index contributed by atoms with van der Waals surface area (Å²) in [7, 11) is 0. The Morgan fingerprint density at radius 3 is 2.31 bits per heavy atom. The highest BCUT2D eigenvalue weighted by atomic mass is 35.5. The summed E-state index contributed by atoms with van der Waals surface area (Å²) in [5, 5.41) is 30.6. The number of benzene rings is 3. The number of rotatable bonds is 3. The predicted octanol–water partition coefficient (Wildman–Crippen LogP) is 5.94. The zero-order valence-electron chi connectivity index (χ0n) is 18.5. The molecular formula is C28H18ClN3O3. The van der Waals surface area contributed by atoms with E-state index in [-0.39, 0.29) is 22.7 Å². The fourth-order valence-corrected chi connectivity index (χ4v) is 4.49. The Bertz CT molecular complexity index is 1720. The second-order valence-electron chi connectivity index (χ2n) is 8.08. The molecule has 0 spiro atoms. The fraction of sp³-hybridized carbons (Fsp3) is 0.0357. The van der Waals surface area contributed by atoms with E-state index in [0.29, 0.717) is 38.7 Å². The van der Waals surface area contributed by atoms with Crippen LogP contribution in [0, 0.1) is 18.3 Å². The van der Waals surface area contributed by atoms with Gasteiger partial charge in [-0.05, 0) is 48.4 Å². The Kier molecular flexibility index (Phi) is 5.48. The van der Waals surface area contributed by atoms with Crippen LogP contribution in [-0.4, -0.2) is 19.6 Å². The number of halogens is 1. The number of aromatic nitrogens is 2. The minimum Gasteiger partial charge on any atom is -0.508 e. The number of phenolic OH excluding ortho intramolecular Hbond substituents is 2. The summed E-state index contributed by atoms with van der Waals surface area (Å²) in [6.07, 6.45) is 0. The van der Waals surface area contributed by atoms with Crippen molar-refractivity contribution < 1.29 is 10.2 Å². The van der Waals surface area contributed by atoms with Gasteiger partial charge in [0.05, 0.1) is 5.69 Å². The number of hydrogen-bond donors (Lipinski definition) is 2. The zero-order valence-corrected chi connectivity index (χ0v) is 19.3. The van der Waals surface area contributed by atoms with Crippen molar-refractivity contribution in [3.05, 3.63) is 105 Å². The molecule has 0 unspecified atom stereocenters. The lowest BCUT2D eigenvalue weighted by atomic mass is 9.96. The Balaban J connectivity index is 1.79. The summed E-state index contributed by atoms with van der Waals surface area (Å²) in [4.78, 5) is 16.5. The molecule has 2 aromatic heterocycles. The maximum Gasteiger partial charge on any atom is 0.273 e. The van der Waals surface area contributed by atoms with E-state index < -0.39 is 5.56 Å². The predicted molar refractivity (Wildman–Crippen MR) is 136 cm³/mol. The van der Waals surface area contributed by atoms with Gasteiger partial charge in [0.25, 0.3) is 5.56 Å². The largest absolute Gasteiger partial charge is 0.508 e. The minimum atomic E-state index is -0.434. The van der Waals surface area contributed by atoms with Crippen LogP contribution in [0.15, 0.2) is 83.7 Å². The normalized spacial score (nSPS) is 10.9.